The summed E-state index contributed by atoms with van der Waals surface area (Å²) in [6.07, 6.45) is 6.05. The number of rotatable bonds is 6. The Bertz CT molecular complexity index is 415. The second-order valence-corrected chi connectivity index (χ2v) is 5.20. The van der Waals surface area contributed by atoms with Crippen LogP contribution < -0.4 is 5.32 Å². The summed E-state index contributed by atoms with van der Waals surface area (Å²) in [5.41, 5.74) is 0.670. The van der Waals surface area contributed by atoms with Gasteiger partial charge in [0.2, 0.25) is 5.76 Å². The average molecular weight is 267 g/mol. The third-order valence-electron chi connectivity index (χ3n) is 3.96. The van der Waals surface area contributed by atoms with Crippen molar-refractivity contribution in [1.82, 2.24) is 5.32 Å². The largest absolute Gasteiger partial charge is 0.475 e. The number of nitrogens with one attached hydrogen (secondary N) is 1. The van der Waals surface area contributed by atoms with Crippen LogP contribution in [0.3, 0.4) is 0 Å². The molecular formula is C14H21NO4. The van der Waals surface area contributed by atoms with Crippen LogP contribution in [-0.2, 0) is 6.54 Å². The molecule has 5 heteroatoms. The second kappa shape index (κ2) is 6.73. The zero-order valence-electron chi connectivity index (χ0n) is 11.0. The lowest BCUT2D eigenvalue weighted by molar-refractivity contribution is 0.0660. The molecule has 3 N–H and O–H groups in total. The Balaban J connectivity index is 1.82. The number of aromatic carboxylic acids is 1. The molecule has 0 spiro atoms. The van der Waals surface area contributed by atoms with Gasteiger partial charge >= 0.3 is 5.97 Å². The van der Waals surface area contributed by atoms with Crippen LogP contribution in [0.25, 0.3) is 0 Å². The number of aliphatic hydroxyl groups excluding tert-OH is 1. The minimum Gasteiger partial charge on any atom is -0.475 e. The van der Waals surface area contributed by atoms with E-state index in [1.54, 1.807) is 6.07 Å². The van der Waals surface area contributed by atoms with Gasteiger partial charge in [-0.25, -0.2) is 4.79 Å². The molecule has 1 saturated carbocycles. The number of aliphatic hydroxyl groups is 1. The predicted molar refractivity (Wildman–Crippen MR) is 69.9 cm³/mol. The highest BCUT2D eigenvalue weighted by Gasteiger charge is 2.24. The van der Waals surface area contributed by atoms with E-state index in [1.807, 2.05) is 0 Å². The summed E-state index contributed by atoms with van der Waals surface area (Å²) in [4.78, 5) is 10.9. The first-order valence-corrected chi connectivity index (χ1v) is 6.83. The Hall–Kier alpha value is -1.33. The van der Waals surface area contributed by atoms with Crippen molar-refractivity contribution in [2.24, 2.45) is 11.8 Å². The van der Waals surface area contributed by atoms with Crippen molar-refractivity contribution in [1.29, 1.82) is 0 Å². The highest BCUT2D eigenvalue weighted by atomic mass is 16.4. The summed E-state index contributed by atoms with van der Waals surface area (Å²) in [6, 6.07) is 1.68. The van der Waals surface area contributed by atoms with Gasteiger partial charge in [-0.2, -0.15) is 0 Å². The van der Waals surface area contributed by atoms with E-state index in [0.29, 0.717) is 23.9 Å². The van der Waals surface area contributed by atoms with E-state index in [2.05, 4.69) is 5.32 Å². The van der Waals surface area contributed by atoms with Crippen LogP contribution in [0, 0.1) is 11.8 Å². The lowest BCUT2D eigenvalue weighted by Gasteiger charge is -2.30. The van der Waals surface area contributed by atoms with Gasteiger partial charge in [0.05, 0.1) is 6.26 Å². The van der Waals surface area contributed by atoms with Crippen molar-refractivity contribution < 1.29 is 19.4 Å². The highest BCUT2D eigenvalue weighted by Crippen LogP contribution is 2.29. The summed E-state index contributed by atoms with van der Waals surface area (Å²) in [5.74, 6) is -0.161. The zero-order chi connectivity index (χ0) is 13.7. The molecule has 1 aliphatic rings. The Labute approximate surface area is 112 Å². The topological polar surface area (TPSA) is 82.7 Å². The summed E-state index contributed by atoms with van der Waals surface area (Å²) >= 11 is 0. The second-order valence-electron chi connectivity index (χ2n) is 5.20. The van der Waals surface area contributed by atoms with Crippen LogP contribution in [0.1, 0.15) is 41.8 Å². The smallest absolute Gasteiger partial charge is 0.372 e. The average Bonchev–Trinajstić information content (AvgIpc) is 2.88. The van der Waals surface area contributed by atoms with Crippen molar-refractivity contribution in [3.8, 4) is 0 Å². The third kappa shape index (κ3) is 3.58. The zero-order valence-corrected chi connectivity index (χ0v) is 11.0. The molecule has 1 heterocycles. The number of carbonyl (C=O) groups is 1. The van der Waals surface area contributed by atoms with Gasteiger partial charge in [0.15, 0.2) is 0 Å². The molecule has 1 aromatic rings. The van der Waals surface area contributed by atoms with E-state index in [9.17, 15) is 9.90 Å². The van der Waals surface area contributed by atoms with Gasteiger partial charge in [-0.15, -0.1) is 0 Å². The van der Waals surface area contributed by atoms with Crippen LogP contribution in [0.15, 0.2) is 16.7 Å². The van der Waals surface area contributed by atoms with E-state index < -0.39 is 5.97 Å². The first-order chi connectivity index (χ1) is 9.22. The lowest BCUT2D eigenvalue weighted by Crippen LogP contribution is -2.32. The maximum atomic E-state index is 10.9. The lowest BCUT2D eigenvalue weighted by atomic mass is 9.79. The van der Waals surface area contributed by atoms with E-state index in [1.165, 1.54) is 19.1 Å². The molecule has 5 nitrogen and oxygen atoms in total. The molecule has 0 aromatic carbocycles. The molecule has 0 amide bonds. The molecule has 1 fully saturated rings. The van der Waals surface area contributed by atoms with Gasteiger partial charge in [-0.1, -0.05) is 12.8 Å². The van der Waals surface area contributed by atoms with Gasteiger partial charge < -0.3 is 19.9 Å². The van der Waals surface area contributed by atoms with Gasteiger partial charge in [0.25, 0.3) is 0 Å². The van der Waals surface area contributed by atoms with Crippen LogP contribution in [-0.4, -0.2) is 29.3 Å². The molecule has 2 unspecified atom stereocenters. The molecule has 19 heavy (non-hydrogen) atoms. The van der Waals surface area contributed by atoms with Crippen molar-refractivity contribution in [3.05, 3.63) is 23.7 Å². The molecule has 2 rings (SSSR count). The minimum absolute atomic E-state index is 0.00912. The van der Waals surface area contributed by atoms with Crippen LogP contribution in [0.4, 0.5) is 0 Å². The van der Waals surface area contributed by atoms with Crippen molar-refractivity contribution >= 4 is 5.97 Å². The molecule has 0 radical (unpaired) electrons. The first kappa shape index (κ1) is 14.1. The van der Waals surface area contributed by atoms with E-state index >= 15 is 0 Å². The minimum atomic E-state index is -1.03. The van der Waals surface area contributed by atoms with Gasteiger partial charge in [-0.05, 0) is 37.3 Å². The van der Waals surface area contributed by atoms with E-state index in [4.69, 9.17) is 9.52 Å². The number of carboxylic acids is 1. The maximum absolute atomic E-state index is 10.9. The standard InChI is InChI=1S/C14H21NO4/c16-9-12-4-2-1-3-10(12)7-15-8-11-5-6-19-13(11)14(17)18/h5-6,10,12,15-16H,1-4,7-9H2,(H,17,18). The Morgan fingerprint density at radius 2 is 2.11 bits per heavy atom. The molecule has 1 aromatic heterocycles. The fourth-order valence-corrected chi connectivity index (χ4v) is 2.85. The normalized spacial score (nSPS) is 23.4. The molecule has 0 saturated heterocycles. The van der Waals surface area contributed by atoms with Crippen LogP contribution >= 0.6 is 0 Å². The third-order valence-corrected chi connectivity index (χ3v) is 3.96. The molecule has 2 atom stereocenters. The summed E-state index contributed by atoms with van der Waals surface area (Å²) < 4.78 is 4.93. The predicted octanol–water partition coefficient (Wildman–Crippen LogP) is 1.87. The molecule has 106 valence electrons. The van der Waals surface area contributed by atoms with Crippen molar-refractivity contribution in [3.63, 3.8) is 0 Å². The van der Waals surface area contributed by atoms with Gasteiger partial charge in [0.1, 0.15) is 0 Å². The van der Waals surface area contributed by atoms with Gasteiger partial charge in [-0.3, -0.25) is 0 Å². The maximum Gasteiger partial charge on any atom is 0.372 e. The summed E-state index contributed by atoms with van der Waals surface area (Å²) in [7, 11) is 0. The van der Waals surface area contributed by atoms with Crippen LogP contribution in [0.5, 0.6) is 0 Å². The van der Waals surface area contributed by atoms with E-state index in [-0.39, 0.29) is 12.4 Å². The fraction of sp³-hybridized carbons (Fsp3) is 0.643. The van der Waals surface area contributed by atoms with E-state index in [0.717, 1.165) is 19.4 Å². The fourth-order valence-electron chi connectivity index (χ4n) is 2.85. The molecule has 0 bridgehead atoms. The quantitative estimate of drug-likeness (QED) is 0.733. The van der Waals surface area contributed by atoms with Crippen molar-refractivity contribution in [2.75, 3.05) is 13.2 Å². The summed E-state index contributed by atoms with van der Waals surface area (Å²) in [6.45, 7) is 1.56. The molecule has 0 aliphatic heterocycles. The highest BCUT2D eigenvalue weighted by molar-refractivity contribution is 5.86. The van der Waals surface area contributed by atoms with Crippen LogP contribution in [0.2, 0.25) is 0 Å². The Morgan fingerprint density at radius 1 is 1.37 bits per heavy atom. The Morgan fingerprint density at radius 3 is 2.79 bits per heavy atom. The van der Waals surface area contributed by atoms with Crippen molar-refractivity contribution in [2.45, 2.75) is 32.2 Å². The molecule has 1 aliphatic carbocycles. The van der Waals surface area contributed by atoms with Gasteiger partial charge in [0, 0.05) is 18.7 Å². The number of hydrogen-bond acceptors (Lipinski definition) is 4. The SMILES string of the molecule is O=C(O)c1occc1CNCC1CCCCC1CO. The Kier molecular flexibility index (Phi) is 4.99. The molecular weight excluding hydrogens is 246 g/mol. The number of carboxylic acid groups (broad SMARTS) is 1. The monoisotopic (exact) mass is 267 g/mol. The summed E-state index contributed by atoms with van der Waals surface area (Å²) in [5, 5.41) is 21.6. The number of hydrogen-bond donors (Lipinski definition) is 3. The first-order valence-electron chi connectivity index (χ1n) is 6.83. The number of furan rings is 1.